The fraction of sp³-hybridized carbons (Fsp3) is 0.429. The number of rotatable bonds is 2. The zero-order chi connectivity index (χ0) is 13.1. The van der Waals surface area contributed by atoms with Crippen molar-refractivity contribution in [1.29, 1.82) is 5.26 Å². The molecule has 3 heteroatoms. The molecule has 0 radical (unpaired) electrons. The van der Waals surface area contributed by atoms with Crippen molar-refractivity contribution in [2.45, 2.75) is 33.7 Å². The van der Waals surface area contributed by atoms with Crippen LogP contribution in [0.5, 0.6) is 0 Å². The molecule has 0 saturated carbocycles. The van der Waals surface area contributed by atoms with E-state index >= 15 is 0 Å². The Morgan fingerprint density at radius 2 is 2.06 bits per heavy atom. The topological polar surface area (TPSA) is 52.9 Å². The summed E-state index contributed by atoms with van der Waals surface area (Å²) in [6, 6.07) is 9.29. The monoisotopic (exact) mass is 230 g/mol. The highest BCUT2D eigenvalue weighted by Crippen LogP contribution is 2.18. The number of carbonyl (C=O) groups excluding carboxylic acids is 1. The summed E-state index contributed by atoms with van der Waals surface area (Å²) in [5, 5.41) is 11.8. The minimum Gasteiger partial charge on any atom is -0.349 e. The number of benzene rings is 1. The van der Waals surface area contributed by atoms with E-state index < -0.39 is 5.41 Å². The highest BCUT2D eigenvalue weighted by Gasteiger charge is 2.22. The van der Waals surface area contributed by atoms with Gasteiger partial charge in [-0.3, -0.25) is 4.79 Å². The zero-order valence-electron chi connectivity index (χ0n) is 10.7. The van der Waals surface area contributed by atoms with Crippen molar-refractivity contribution in [3.8, 4) is 6.07 Å². The van der Waals surface area contributed by atoms with E-state index in [4.69, 9.17) is 5.26 Å². The molecule has 0 bridgehead atoms. The van der Waals surface area contributed by atoms with Crippen LogP contribution < -0.4 is 5.32 Å². The number of nitriles is 1. The maximum Gasteiger partial charge on any atom is 0.225 e. The first-order valence-corrected chi connectivity index (χ1v) is 5.65. The average molecular weight is 230 g/mol. The molecule has 0 aliphatic rings. The van der Waals surface area contributed by atoms with Gasteiger partial charge in [-0.1, -0.05) is 32.9 Å². The minimum absolute atomic E-state index is 0.00682. The predicted octanol–water partition coefficient (Wildman–Crippen LogP) is 2.78. The third-order valence-corrected chi connectivity index (χ3v) is 2.54. The molecule has 0 heterocycles. The van der Waals surface area contributed by atoms with Crippen molar-refractivity contribution < 1.29 is 4.79 Å². The molecule has 0 aromatic heterocycles. The Hall–Kier alpha value is -1.82. The lowest BCUT2D eigenvalue weighted by atomic mass is 9.94. The van der Waals surface area contributed by atoms with Crippen molar-refractivity contribution in [3.63, 3.8) is 0 Å². The van der Waals surface area contributed by atoms with E-state index in [1.807, 2.05) is 39.8 Å². The number of nitrogens with zero attached hydrogens (tertiary/aromatic N) is 1. The summed E-state index contributed by atoms with van der Waals surface area (Å²) in [7, 11) is 0. The van der Waals surface area contributed by atoms with Crippen LogP contribution in [0.25, 0.3) is 0 Å². The predicted molar refractivity (Wildman–Crippen MR) is 67.2 cm³/mol. The fourth-order valence-corrected chi connectivity index (χ4v) is 1.37. The van der Waals surface area contributed by atoms with Gasteiger partial charge >= 0.3 is 0 Å². The highest BCUT2D eigenvalue weighted by atomic mass is 16.2. The molecule has 1 aromatic rings. The summed E-state index contributed by atoms with van der Waals surface area (Å²) < 4.78 is 0. The van der Waals surface area contributed by atoms with Gasteiger partial charge in [0.05, 0.1) is 17.7 Å². The first kappa shape index (κ1) is 13.2. The number of nitrogens with one attached hydrogen (secondary N) is 1. The first-order valence-electron chi connectivity index (χ1n) is 5.65. The molecule has 1 aromatic carbocycles. The normalized spacial score (nSPS) is 12.6. The van der Waals surface area contributed by atoms with Crippen LogP contribution in [0.2, 0.25) is 0 Å². The van der Waals surface area contributed by atoms with Gasteiger partial charge in [0.1, 0.15) is 0 Å². The van der Waals surface area contributed by atoms with Gasteiger partial charge in [0.2, 0.25) is 5.91 Å². The Kier molecular flexibility index (Phi) is 3.90. The molecular weight excluding hydrogens is 212 g/mol. The number of hydrogen-bond donors (Lipinski definition) is 1. The smallest absolute Gasteiger partial charge is 0.225 e. The van der Waals surface area contributed by atoms with Crippen LogP contribution in [0.15, 0.2) is 24.3 Å². The summed E-state index contributed by atoms with van der Waals surface area (Å²) in [6.45, 7) is 7.54. The zero-order valence-corrected chi connectivity index (χ0v) is 10.7. The standard InChI is InChI=1S/C14H18N2O/c1-10(16-13(17)14(2,3)4)12-7-5-6-11(8-12)9-15/h5-8,10H,1-4H3,(H,16,17). The van der Waals surface area contributed by atoms with Crippen LogP contribution in [0.3, 0.4) is 0 Å². The molecule has 0 saturated heterocycles. The van der Waals surface area contributed by atoms with Gasteiger partial charge in [-0.25, -0.2) is 0 Å². The van der Waals surface area contributed by atoms with E-state index in [9.17, 15) is 4.79 Å². The van der Waals surface area contributed by atoms with E-state index in [1.54, 1.807) is 12.1 Å². The van der Waals surface area contributed by atoms with Gasteiger partial charge in [-0.2, -0.15) is 5.26 Å². The van der Waals surface area contributed by atoms with Crippen molar-refractivity contribution in [2.75, 3.05) is 0 Å². The molecule has 0 fully saturated rings. The molecule has 1 N–H and O–H groups in total. The van der Waals surface area contributed by atoms with Crippen LogP contribution in [0, 0.1) is 16.7 Å². The van der Waals surface area contributed by atoms with E-state index in [1.165, 1.54) is 0 Å². The Morgan fingerprint density at radius 3 is 2.59 bits per heavy atom. The maximum atomic E-state index is 11.8. The summed E-state index contributed by atoms with van der Waals surface area (Å²) >= 11 is 0. The van der Waals surface area contributed by atoms with Gasteiger partial charge in [0, 0.05) is 5.41 Å². The van der Waals surface area contributed by atoms with Crippen molar-refractivity contribution in [2.24, 2.45) is 5.41 Å². The molecule has 0 aliphatic carbocycles. The summed E-state index contributed by atoms with van der Waals surface area (Å²) in [5.41, 5.74) is 1.15. The highest BCUT2D eigenvalue weighted by molar-refractivity contribution is 5.81. The van der Waals surface area contributed by atoms with E-state index in [-0.39, 0.29) is 11.9 Å². The Labute approximate surface area is 102 Å². The van der Waals surface area contributed by atoms with Crippen LogP contribution in [0.1, 0.15) is 44.9 Å². The second-order valence-corrected chi connectivity index (χ2v) is 5.18. The lowest BCUT2D eigenvalue weighted by molar-refractivity contribution is -0.129. The van der Waals surface area contributed by atoms with Crippen LogP contribution in [-0.4, -0.2) is 5.91 Å². The quantitative estimate of drug-likeness (QED) is 0.849. The Balaban J connectivity index is 2.80. The largest absolute Gasteiger partial charge is 0.349 e. The fourth-order valence-electron chi connectivity index (χ4n) is 1.37. The third-order valence-electron chi connectivity index (χ3n) is 2.54. The minimum atomic E-state index is -0.402. The molecule has 0 aliphatic heterocycles. The molecule has 0 spiro atoms. The lowest BCUT2D eigenvalue weighted by Crippen LogP contribution is -2.36. The summed E-state index contributed by atoms with van der Waals surface area (Å²) in [5.74, 6) is 0.00682. The van der Waals surface area contributed by atoms with Crippen LogP contribution in [0.4, 0.5) is 0 Å². The van der Waals surface area contributed by atoms with E-state index in [0.717, 1.165) is 5.56 Å². The molecular formula is C14H18N2O. The maximum absolute atomic E-state index is 11.8. The van der Waals surface area contributed by atoms with Crippen LogP contribution in [-0.2, 0) is 4.79 Å². The van der Waals surface area contributed by atoms with E-state index in [2.05, 4.69) is 11.4 Å². The SMILES string of the molecule is CC(NC(=O)C(C)(C)C)c1cccc(C#N)c1. The lowest BCUT2D eigenvalue weighted by Gasteiger charge is -2.22. The van der Waals surface area contributed by atoms with Gasteiger partial charge < -0.3 is 5.32 Å². The van der Waals surface area contributed by atoms with Crippen molar-refractivity contribution in [1.82, 2.24) is 5.32 Å². The molecule has 90 valence electrons. The van der Waals surface area contributed by atoms with Gasteiger partial charge in [0.25, 0.3) is 0 Å². The first-order chi connectivity index (χ1) is 7.84. The summed E-state index contributed by atoms with van der Waals surface area (Å²) in [6.07, 6.45) is 0. The average Bonchev–Trinajstić information content (AvgIpc) is 2.27. The van der Waals surface area contributed by atoms with E-state index in [0.29, 0.717) is 5.56 Å². The van der Waals surface area contributed by atoms with Gasteiger partial charge in [-0.15, -0.1) is 0 Å². The molecule has 1 amide bonds. The molecule has 1 rings (SSSR count). The van der Waals surface area contributed by atoms with Crippen LogP contribution >= 0.6 is 0 Å². The summed E-state index contributed by atoms with van der Waals surface area (Å²) in [4.78, 5) is 11.8. The molecule has 1 atom stereocenters. The Bertz CT molecular complexity index is 452. The Morgan fingerprint density at radius 1 is 1.41 bits per heavy atom. The molecule has 17 heavy (non-hydrogen) atoms. The van der Waals surface area contributed by atoms with Gasteiger partial charge in [-0.05, 0) is 24.6 Å². The number of carbonyl (C=O) groups is 1. The third kappa shape index (κ3) is 3.60. The molecule has 1 unspecified atom stereocenters. The number of hydrogen-bond acceptors (Lipinski definition) is 2. The second kappa shape index (κ2) is 5.01. The van der Waals surface area contributed by atoms with Gasteiger partial charge in [0.15, 0.2) is 0 Å². The van der Waals surface area contributed by atoms with Crippen molar-refractivity contribution >= 4 is 5.91 Å². The number of amides is 1. The molecule has 3 nitrogen and oxygen atoms in total. The second-order valence-electron chi connectivity index (χ2n) is 5.18. The van der Waals surface area contributed by atoms with Crippen molar-refractivity contribution in [3.05, 3.63) is 35.4 Å².